The molecular formula is C20H23NO4S. The molecule has 138 valence electrons. The van der Waals surface area contributed by atoms with E-state index in [1.807, 2.05) is 13.0 Å². The minimum Gasteiger partial charge on any atom is -0.457 e. The molecule has 1 aliphatic rings. The highest BCUT2D eigenvalue weighted by Gasteiger charge is 2.32. The van der Waals surface area contributed by atoms with Gasteiger partial charge in [-0.25, -0.2) is 17.9 Å². The summed E-state index contributed by atoms with van der Waals surface area (Å²) in [7, 11) is -3.65. The average Bonchev–Trinajstić information content (AvgIpc) is 2.64. The van der Waals surface area contributed by atoms with Crippen molar-refractivity contribution in [2.24, 2.45) is 0 Å². The standard InChI is InChI=1S/C20H23NO4S/c1-15-11-13-17(14-12-15)26(23,24)21-18-9-5-6-10-19(18)25-20(22)16-7-3-2-4-8-16/h2-4,7-8,11-14,18-19,21H,5-6,9-10H2,1H3. The quantitative estimate of drug-likeness (QED) is 0.815. The maximum atomic E-state index is 12.7. The topological polar surface area (TPSA) is 72.5 Å². The van der Waals surface area contributed by atoms with Crippen LogP contribution in [0.1, 0.15) is 41.6 Å². The van der Waals surface area contributed by atoms with Crippen molar-refractivity contribution < 1.29 is 17.9 Å². The van der Waals surface area contributed by atoms with E-state index < -0.39 is 28.1 Å². The molecule has 1 aliphatic carbocycles. The molecule has 2 unspecified atom stereocenters. The Balaban J connectivity index is 1.72. The zero-order valence-corrected chi connectivity index (χ0v) is 15.5. The summed E-state index contributed by atoms with van der Waals surface area (Å²) in [6.07, 6.45) is 2.66. The molecule has 0 heterocycles. The van der Waals surface area contributed by atoms with E-state index in [2.05, 4.69) is 4.72 Å². The van der Waals surface area contributed by atoms with Crippen molar-refractivity contribution in [1.29, 1.82) is 0 Å². The second-order valence-electron chi connectivity index (χ2n) is 6.64. The van der Waals surface area contributed by atoms with Crippen molar-refractivity contribution in [1.82, 2.24) is 4.72 Å². The van der Waals surface area contributed by atoms with E-state index >= 15 is 0 Å². The number of hydrogen-bond donors (Lipinski definition) is 1. The van der Waals surface area contributed by atoms with Crippen LogP contribution in [0, 0.1) is 6.92 Å². The Morgan fingerprint density at radius 2 is 1.65 bits per heavy atom. The van der Waals surface area contributed by atoms with E-state index in [0.29, 0.717) is 18.4 Å². The number of benzene rings is 2. The normalized spacial score (nSPS) is 20.5. The SMILES string of the molecule is Cc1ccc(S(=O)(=O)NC2CCCCC2OC(=O)c2ccccc2)cc1. The molecule has 0 aromatic heterocycles. The Labute approximate surface area is 154 Å². The molecule has 6 heteroatoms. The van der Waals surface area contributed by atoms with Gasteiger partial charge in [0.05, 0.1) is 16.5 Å². The molecule has 0 aliphatic heterocycles. The molecule has 0 amide bonds. The molecule has 5 nitrogen and oxygen atoms in total. The van der Waals surface area contributed by atoms with Gasteiger partial charge in [0.1, 0.15) is 6.10 Å². The number of aryl methyl sites for hydroxylation is 1. The number of carbonyl (C=O) groups is 1. The van der Waals surface area contributed by atoms with E-state index in [1.165, 1.54) is 0 Å². The van der Waals surface area contributed by atoms with Crippen molar-refractivity contribution in [2.45, 2.75) is 49.6 Å². The lowest BCUT2D eigenvalue weighted by Gasteiger charge is -2.31. The molecule has 0 radical (unpaired) electrons. The van der Waals surface area contributed by atoms with Crippen molar-refractivity contribution in [3.05, 3.63) is 65.7 Å². The molecule has 1 fully saturated rings. The molecule has 1 N–H and O–H groups in total. The maximum Gasteiger partial charge on any atom is 0.338 e. The van der Waals surface area contributed by atoms with E-state index in [9.17, 15) is 13.2 Å². The summed E-state index contributed by atoms with van der Waals surface area (Å²) in [6, 6.07) is 15.1. The zero-order valence-electron chi connectivity index (χ0n) is 14.7. The molecule has 3 rings (SSSR count). The van der Waals surface area contributed by atoms with Gasteiger partial charge < -0.3 is 4.74 Å². The molecule has 0 saturated heterocycles. The van der Waals surface area contributed by atoms with Crippen LogP contribution in [0.25, 0.3) is 0 Å². The zero-order chi connectivity index (χ0) is 18.6. The molecule has 2 aromatic carbocycles. The number of hydrogen-bond acceptors (Lipinski definition) is 4. The highest BCUT2D eigenvalue weighted by atomic mass is 32.2. The van der Waals surface area contributed by atoms with Crippen LogP contribution >= 0.6 is 0 Å². The van der Waals surface area contributed by atoms with Gasteiger partial charge in [-0.15, -0.1) is 0 Å². The highest BCUT2D eigenvalue weighted by Crippen LogP contribution is 2.24. The first-order valence-corrected chi connectivity index (χ1v) is 10.3. The van der Waals surface area contributed by atoms with Gasteiger partial charge >= 0.3 is 5.97 Å². The highest BCUT2D eigenvalue weighted by molar-refractivity contribution is 7.89. The summed E-state index contributed by atoms with van der Waals surface area (Å²) in [5, 5.41) is 0. The van der Waals surface area contributed by atoms with Crippen molar-refractivity contribution in [2.75, 3.05) is 0 Å². The van der Waals surface area contributed by atoms with Crippen LogP contribution in [-0.2, 0) is 14.8 Å². The first-order chi connectivity index (χ1) is 12.5. The molecule has 0 bridgehead atoms. The van der Waals surface area contributed by atoms with E-state index in [4.69, 9.17) is 4.74 Å². The lowest BCUT2D eigenvalue weighted by Crippen LogP contribution is -2.46. The Hall–Kier alpha value is -2.18. The fourth-order valence-electron chi connectivity index (χ4n) is 3.14. The molecule has 0 spiro atoms. The Morgan fingerprint density at radius 1 is 1.00 bits per heavy atom. The largest absolute Gasteiger partial charge is 0.457 e. The van der Waals surface area contributed by atoms with E-state index in [-0.39, 0.29) is 4.90 Å². The van der Waals surface area contributed by atoms with Crippen LogP contribution in [-0.4, -0.2) is 26.5 Å². The number of nitrogens with one attached hydrogen (secondary N) is 1. The molecule has 26 heavy (non-hydrogen) atoms. The molecule has 1 saturated carbocycles. The second kappa shape index (κ2) is 8.01. The smallest absolute Gasteiger partial charge is 0.338 e. The van der Waals surface area contributed by atoms with Crippen LogP contribution in [0.2, 0.25) is 0 Å². The van der Waals surface area contributed by atoms with Crippen molar-refractivity contribution in [3.63, 3.8) is 0 Å². The third-order valence-electron chi connectivity index (χ3n) is 4.61. The fraction of sp³-hybridized carbons (Fsp3) is 0.350. The summed E-state index contributed by atoms with van der Waals surface area (Å²) in [5.74, 6) is -0.419. The van der Waals surface area contributed by atoms with Crippen LogP contribution < -0.4 is 4.72 Å². The van der Waals surface area contributed by atoms with Gasteiger partial charge in [-0.2, -0.15) is 0 Å². The predicted octanol–water partition coefficient (Wildman–Crippen LogP) is 3.44. The van der Waals surface area contributed by atoms with Crippen molar-refractivity contribution in [3.8, 4) is 0 Å². The lowest BCUT2D eigenvalue weighted by atomic mass is 9.93. The van der Waals surface area contributed by atoms with E-state index in [0.717, 1.165) is 18.4 Å². The molecule has 2 aromatic rings. The fourth-order valence-corrected chi connectivity index (χ4v) is 4.44. The summed E-state index contributed by atoms with van der Waals surface area (Å²) in [4.78, 5) is 12.6. The summed E-state index contributed by atoms with van der Waals surface area (Å²) >= 11 is 0. The number of ether oxygens (including phenoxy) is 1. The van der Waals surface area contributed by atoms with Gasteiger partial charge in [0.25, 0.3) is 0 Å². The Bertz CT molecular complexity index is 847. The van der Waals surface area contributed by atoms with E-state index in [1.54, 1.807) is 48.5 Å². The first kappa shape index (κ1) is 18.6. The molecule has 2 atom stereocenters. The van der Waals surface area contributed by atoms with Crippen LogP contribution in [0.5, 0.6) is 0 Å². The van der Waals surface area contributed by atoms with Gasteiger partial charge in [0, 0.05) is 0 Å². The first-order valence-electron chi connectivity index (χ1n) is 8.81. The van der Waals surface area contributed by atoms with Crippen LogP contribution in [0.4, 0.5) is 0 Å². The maximum absolute atomic E-state index is 12.7. The van der Waals surface area contributed by atoms with Gasteiger partial charge in [-0.1, -0.05) is 42.3 Å². The lowest BCUT2D eigenvalue weighted by molar-refractivity contribution is 0.0130. The third kappa shape index (κ3) is 4.51. The number of carbonyl (C=O) groups excluding carboxylic acids is 1. The monoisotopic (exact) mass is 373 g/mol. The minimum atomic E-state index is -3.65. The van der Waals surface area contributed by atoms with Crippen LogP contribution in [0.3, 0.4) is 0 Å². The van der Waals surface area contributed by atoms with Crippen molar-refractivity contribution >= 4 is 16.0 Å². The van der Waals surface area contributed by atoms with Gasteiger partial charge in [0.2, 0.25) is 10.0 Å². The number of esters is 1. The van der Waals surface area contributed by atoms with Crippen LogP contribution in [0.15, 0.2) is 59.5 Å². The predicted molar refractivity (Wildman–Crippen MR) is 99.4 cm³/mol. The minimum absolute atomic E-state index is 0.224. The average molecular weight is 373 g/mol. The number of rotatable bonds is 5. The third-order valence-corrected chi connectivity index (χ3v) is 6.11. The summed E-state index contributed by atoms with van der Waals surface area (Å²) in [6.45, 7) is 1.91. The number of sulfonamides is 1. The van der Waals surface area contributed by atoms with Gasteiger partial charge in [-0.05, 0) is 50.5 Å². The Morgan fingerprint density at radius 3 is 2.35 bits per heavy atom. The second-order valence-corrected chi connectivity index (χ2v) is 8.35. The summed E-state index contributed by atoms with van der Waals surface area (Å²) < 4.78 is 33.7. The van der Waals surface area contributed by atoms with Gasteiger partial charge in [0.15, 0.2) is 0 Å². The van der Waals surface area contributed by atoms with Gasteiger partial charge in [-0.3, -0.25) is 0 Å². The summed E-state index contributed by atoms with van der Waals surface area (Å²) in [5.41, 5.74) is 1.47. The molecular weight excluding hydrogens is 350 g/mol. The Kier molecular flexibility index (Phi) is 5.74.